The van der Waals surface area contributed by atoms with Crippen LogP contribution in [-0.4, -0.2) is 72.2 Å². The molecule has 2 aliphatic rings. The number of methoxy groups -OCH3 is 1. The van der Waals surface area contributed by atoms with E-state index in [4.69, 9.17) is 19.4 Å². The lowest BCUT2D eigenvalue weighted by molar-refractivity contribution is 0.121. The van der Waals surface area contributed by atoms with Crippen molar-refractivity contribution in [3.63, 3.8) is 0 Å². The Balaban J connectivity index is 1.48. The van der Waals surface area contributed by atoms with Crippen molar-refractivity contribution in [2.75, 3.05) is 56.3 Å². The molecule has 29 heavy (non-hydrogen) atoms. The average molecular weight is 394 g/mol. The Kier molecular flexibility index (Phi) is 4.81. The zero-order valence-electron chi connectivity index (χ0n) is 16.9. The molecule has 2 saturated heterocycles. The van der Waals surface area contributed by atoms with E-state index < -0.39 is 0 Å². The van der Waals surface area contributed by atoms with Gasteiger partial charge in [0.25, 0.3) is 0 Å². The first-order valence-electron chi connectivity index (χ1n) is 10.2. The summed E-state index contributed by atoms with van der Waals surface area (Å²) in [6, 6.07) is 6.23. The Labute approximate surface area is 170 Å². The van der Waals surface area contributed by atoms with Gasteiger partial charge >= 0.3 is 0 Å². The van der Waals surface area contributed by atoms with Gasteiger partial charge in [-0.3, -0.25) is 0 Å². The van der Waals surface area contributed by atoms with Crippen LogP contribution in [0.15, 0.2) is 30.6 Å². The van der Waals surface area contributed by atoms with Crippen LogP contribution in [0.25, 0.3) is 16.9 Å². The summed E-state index contributed by atoms with van der Waals surface area (Å²) in [6.45, 7) is 7.13. The molecule has 5 rings (SSSR count). The van der Waals surface area contributed by atoms with Crippen molar-refractivity contribution in [1.82, 2.24) is 19.6 Å². The van der Waals surface area contributed by atoms with Gasteiger partial charge in [0.15, 0.2) is 5.65 Å². The second-order valence-corrected chi connectivity index (χ2v) is 7.59. The van der Waals surface area contributed by atoms with Crippen molar-refractivity contribution in [2.45, 2.75) is 19.4 Å². The summed E-state index contributed by atoms with van der Waals surface area (Å²) in [5.74, 6) is 0.988. The summed E-state index contributed by atoms with van der Waals surface area (Å²) in [5, 5.41) is 4.60. The number of morpholine rings is 1. The zero-order valence-corrected chi connectivity index (χ0v) is 16.9. The summed E-state index contributed by atoms with van der Waals surface area (Å²) in [7, 11) is 1.77. The molecule has 8 nitrogen and oxygen atoms in total. The molecule has 0 radical (unpaired) electrons. The first kappa shape index (κ1) is 18.3. The maximum Gasteiger partial charge on any atom is 0.178 e. The molecule has 0 saturated carbocycles. The fourth-order valence-corrected chi connectivity index (χ4v) is 4.27. The first-order chi connectivity index (χ1) is 14.2. The molecule has 152 valence electrons. The maximum absolute atomic E-state index is 5.49. The molecule has 3 aromatic heterocycles. The van der Waals surface area contributed by atoms with Crippen LogP contribution in [0.1, 0.15) is 12.1 Å². The predicted molar refractivity (Wildman–Crippen MR) is 112 cm³/mol. The fourth-order valence-electron chi connectivity index (χ4n) is 4.27. The van der Waals surface area contributed by atoms with Crippen LogP contribution >= 0.6 is 0 Å². The number of ether oxygens (including phenoxy) is 2. The molecule has 0 aliphatic carbocycles. The largest absolute Gasteiger partial charge is 0.380 e. The van der Waals surface area contributed by atoms with Crippen molar-refractivity contribution >= 4 is 17.2 Å². The molecule has 0 bridgehead atoms. The quantitative estimate of drug-likeness (QED) is 0.672. The van der Waals surface area contributed by atoms with E-state index in [1.807, 2.05) is 29.9 Å². The molecule has 0 aromatic carbocycles. The van der Waals surface area contributed by atoms with Crippen LogP contribution in [-0.2, 0) is 9.47 Å². The number of aromatic nitrogens is 4. The number of aryl methyl sites for hydroxylation is 1. The van der Waals surface area contributed by atoms with Crippen LogP contribution < -0.4 is 9.80 Å². The van der Waals surface area contributed by atoms with Gasteiger partial charge in [0.2, 0.25) is 0 Å². The Morgan fingerprint density at radius 1 is 1.10 bits per heavy atom. The van der Waals surface area contributed by atoms with Crippen LogP contribution in [0, 0.1) is 6.92 Å². The topological polar surface area (TPSA) is 68.0 Å². The molecule has 8 heteroatoms. The van der Waals surface area contributed by atoms with E-state index in [0.29, 0.717) is 6.10 Å². The standard InChI is InChI=1S/C21H26N6O2/c1-15-20(16-3-4-19(22-13-16)26-8-6-17(14-26)28-2)27-21(24-15)18(5-7-23-27)25-9-11-29-12-10-25/h3-5,7,13,17H,6,8-12,14H2,1-2H3. The number of rotatable bonds is 4. The van der Waals surface area contributed by atoms with Gasteiger partial charge in [0.1, 0.15) is 5.82 Å². The van der Waals surface area contributed by atoms with Crippen LogP contribution in [0.5, 0.6) is 0 Å². The molecule has 2 aliphatic heterocycles. The van der Waals surface area contributed by atoms with Gasteiger partial charge in [0, 0.05) is 45.0 Å². The molecule has 5 heterocycles. The van der Waals surface area contributed by atoms with Gasteiger partial charge < -0.3 is 19.3 Å². The lowest BCUT2D eigenvalue weighted by atomic mass is 10.2. The lowest BCUT2D eigenvalue weighted by Gasteiger charge is -2.28. The van der Waals surface area contributed by atoms with E-state index in [-0.39, 0.29) is 0 Å². The highest BCUT2D eigenvalue weighted by Gasteiger charge is 2.24. The molecular weight excluding hydrogens is 368 g/mol. The van der Waals surface area contributed by atoms with Gasteiger partial charge in [-0.05, 0) is 31.5 Å². The lowest BCUT2D eigenvalue weighted by Crippen LogP contribution is -2.36. The summed E-state index contributed by atoms with van der Waals surface area (Å²) in [6.07, 6.45) is 5.11. The SMILES string of the molecule is COC1CCN(c2ccc(-c3c(C)nc4c(N5CCOCC5)ccnn34)cn2)C1. The normalized spacial score (nSPS) is 20.0. The Morgan fingerprint density at radius 3 is 2.69 bits per heavy atom. The number of nitrogens with zero attached hydrogens (tertiary/aromatic N) is 6. The summed E-state index contributed by atoms with van der Waals surface area (Å²) in [5.41, 5.74) is 4.95. The minimum atomic E-state index is 0.292. The smallest absolute Gasteiger partial charge is 0.178 e. The maximum atomic E-state index is 5.49. The van der Waals surface area contributed by atoms with E-state index >= 15 is 0 Å². The summed E-state index contributed by atoms with van der Waals surface area (Å²) >= 11 is 0. The molecule has 2 fully saturated rings. The van der Waals surface area contributed by atoms with Crippen LogP contribution in [0.4, 0.5) is 11.5 Å². The Hall–Kier alpha value is -2.71. The van der Waals surface area contributed by atoms with E-state index in [0.717, 1.165) is 79.9 Å². The first-order valence-corrected chi connectivity index (χ1v) is 10.2. The molecule has 0 amide bonds. The molecule has 1 unspecified atom stereocenters. The van der Waals surface area contributed by atoms with E-state index in [1.54, 1.807) is 7.11 Å². The number of hydrogen-bond donors (Lipinski definition) is 0. The molecule has 0 spiro atoms. The minimum Gasteiger partial charge on any atom is -0.380 e. The zero-order chi connectivity index (χ0) is 19.8. The number of hydrogen-bond acceptors (Lipinski definition) is 7. The van der Waals surface area contributed by atoms with Crippen molar-refractivity contribution in [2.24, 2.45) is 0 Å². The van der Waals surface area contributed by atoms with Gasteiger partial charge in [-0.25, -0.2) is 14.5 Å². The third-order valence-corrected chi connectivity index (χ3v) is 5.85. The molecule has 3 aromatic rings. The Bertz CT molecular complexity index is 996. The third kappa shape index (κ3) is 3.32. The average Bonchev–Trinajstić information content (AvgIpc) is 3.38. The van der Waals surface area contributed by atoms with E-state index in [9.17, 15) is 0 Å². The van der Waals surface area contributed by atoms with Gasteiger partial charge in [-0.1, -0.05) is 0 Å². The van der Waals surface area contributed by atoms with Crippen molar-refractivity contribution < 1.29 is 9.47 Å². The monoisotopic (exact) mass is 394 g/mol. The van der Waals surface area contributed by atoms with Gasteiger partial charge in [-0.15, -0.1) is 0 Å². The molecular formula is C21H26N6O2. The van der Waals surface area contributed by atoms with Gasteiger partial charge in [0.05, 0.1) is 42.6 Å². The van der Waals surface area contributed by atoms with Crippen molar-refractivity contribution in [3.05, 3.63) is 36.3 Å². The second-order valence-electron chi connectivity index (χ2n) is 7.59. The van der Waals surface area contributed by atoms with Crippen LogP contribution in [0.3, 0.4) is 0 Å². The van der Waals surface area contributed by atoms with Crippen molar-refractivity contribution in [3.8, 4) is 11.3 Å². The second kappa shape index (κ2) is 7.61. The number of anilines is 2. The number of pyridine rings is 1. The summed E-state index contributed by atoms with van der Waals surface area (Å²) < 4.78 is 12.9. The van der Waals surface area contributed by atoms with Gasteiger partial charge in [-0.2, -0.15) is 5.10 Å². The highest BCUT2D eigenvalue weighted by molar-refractivity contribution is 5.75. The fraction of sp³-hybridized carbons (Fsp3) is 0.476. The highest BCUT2D eigenvalue weighted by Crippen LogP contribution is 2.30. The minimum absolute atomic E-state index is 0.292. The van der Waals surface area contributed by atoms with E-state index in [2.05, 4.69) is 27.0 Å². The third-order valence-electron chi connectivity index (χ3n) is 5.85. The summed E-state index contributed by atoms with van der Waals surface area (Å²) in [4.78, 5) is 14.2. The molecule has 0 N–H and O–H groups in total. The van der Waals surface area contributed by atoms with Crippen LogP contribution in [0.2, 0.25) is 0 Å². The molecule has 1 atom stereocenters. The predicted octanol–water partition coefficient (Wildman–Crippen LogP) is 2.16. The van der Waals surface area contributed by atoms with E-state index in [1.165, 1.54) is 0 Å². The number of fused-ring (bicyclic) bond motifs is 1. The Morgan fingerprint density at radius 2 is 1.97 bits per heavy atom. The van der Waals surface area contributed by atoms with Crippen molar-refractivity contribution in [1.29, 1.82) is 0 Å². The number of imidazole rings is 1. The highest BCUT2D eigenvalue weighted by atomic mass is 16.5.